The van der Waals surface area contributed by atoms with E-state index in [0.29, 0.717) is 43.5 Å². The lowest BCUT2D eigenvalue weighted by molar-refractivity contribution is 0.0736. The largest absolute Gasteiger partial charge is 0.382 e. The van der Waals surface area contributed by atoms with E-state index in [-0.39, 0.29) is 11.8 Å². The summed E-state index contributed by atoms with van der Waals surface area (Å²) in [5.41, 5.74) is 1.18. The zero-order valence-corrected chi connectivity index (χ0v) is 13.1. The van der Waals surface area contributed by atoms with Crippen LogP contribution in [0.2, 0.25) is 0 Å². The first-order valence-corrected chi connectivity index (χ1v) is 7.61. The zero-order chi connectivity index (χ0) is 15.2. The third kappa shape index (κ3) is 3.91. The van der Waals surface area contributed by atoms with Crippen molar-refractivity contribution in [1.82, 2.24) is 14.9 Å². The van der Waals surface area contributed by atoms with Crippen molar-refractivity contribution in [1.29, 1.82) is 0 Å². The number of nitrogens with zero attached hydrogens (tertiary/aromatic N) is 3. The number of nitrogens with one attached hydrogen (secondary N) is 1. The first-order chi connectivity index (χ1) is 10.1. The molecule has 21 heavy (non-hydrogen) atoms. The molecule has 0 aromatic carbocycles. The highest BCUT2D eigenvalue weighted by Gasteiger charge is 2.23. The standard InChI is InChI=1S/C15H24N4O2/c1-4-16-12-10-17-14(11(2)3)18-13(12)15(20)19-6-5-8-21-9-7-19/h10-11,16H,4-9H2,1-3H3. The van der Waals surface area contributed by atoms with Gasteiger partial charge in [-0.25, -0.2) is 9.97 Å². The molecule has 1 aliphatic heterocycles. The van der Waals surface area contributed by atoms with Gasteiger partial charge in [-0.3, -0.25) is 4.79 Å². The Bertz CT molecular complexity index is 483. The van der Waals surface area contributed by atoms with Gasteiger partial charge in [-0.2, -0.15) is 0 Å². The van der Waals surface area contributed by atoms with Crippen molar-refractivity contribution < 1.29 is 9.53 Å². The van der Waals surface area contributed by atoms with Crippen LogP contribution >= 0.6 is 0 Å². The van der Waals surface area contributed by atoms with Crippen LogP contribution in [-0.2, 0) is 4.74 Å². The summed E-state index contributed by atoms with van der Waals surface area (Å²) in [6.45, 7) is 9.40. The molecule has 6 heteroatoms. The van der Waals surface area contributed by atoms with Gasteiger partial charge in [0.15, 0.2) is 5.69 Å². The molecular weight excluding hydrogens is 268 g/mol. The van der Waals surface area contributed by atoms with Gasteiger partial charge in [-0.05, 0) is 13.3 Å². The predicted octanol–water partition coefficient (Wildman–Crippen LogP) is 1.89. The molecule has 0 bridgehead atoms. The average molecular weight is 292 g/mol. The molecule has 0 aliphatic carbocycles. The third-order valence-corrected chi connectivity index (χ3v) is 3.40. The van der Waals surface area contributed by atoms with Crippen molar-refractivity contribution in [3.63, 3.8) is 0 Å². The van der Waals surface area contributed by atoms with Crippen LogP contribution in [0.5, 0.6) is 0 Å². The van der Waals surface area contributed by atoms with Crippen LogP contribution in [0.25, 0.3) is 0 Å². The fraction of sp³-hybridized carbons (Fsp3) is 0.667. The van der Waals surface area contributed by atoms with Gasteiger partial charge in [0.25, 0.3) is 5.91 Å². The molecule has 0 atom stereocenters. The molecule has 1 N–H and O–H groups in total. The second-order valence-corrected chi connectivity index (χ2v) is 5.43. The van der Waals surface area contributed by atoms with E-state index >= 15 is 0 Å². The molecule has 1 amide bonds. The number of carbonyl (C=O) groups excluding carboxylic acids is 1. The van der Waals surface area contributed by atoms with Crippen molar-refractivity contribution in [2.45, 2.75) is 33.1 Å². The highest BCUT2D eigenvalue weighted by molar-refractivity contribution is 5.97. The fourth-order valence-corrected chi connectivity index (χ4v) is 2.26. The Labute approximate surface area is 125 Å². The van der Waals surface area contributed by atoms with E-state index in [2.05, 4.69) is 15.3 Å². The van der Waals surface area contributed by atoms with Gasteiger partial charge in [0, 0.05) is 32.2 Å². The molecule has 2 heterocycles. The van der Waals surface area contributed by atoms with Crippen molar-refractivity contribution in [3.8, 4) is 0 Å². The maximum absolute atomic E-state index is 12.8. The van der Waals surface area contributed by atoms with E-state index in [1.54, 1.807) is 6.20 Å². The predicted molar refractivity (Wildman–Crippen MR) is 81.6 cm³/mol. The Morgan fingerprint density at radius 2 is 2.24 bits per heavy atom. The zero-order valence-electron chi connectivity index (χ0n) is 13.1. The van der Waals surface area contributed by atoms with Crippen LogP contribution in [-0.4, -0.2) is 53.6 Å². The molecule has 0 unspecified atom stereocenters. The molecule has 0 spiro atoms. The number of carbonyl (C=O) groups is 1. The third-order valence-electron chi connectivity index (χ3n) is 3.40. The summed E-state index contributed by atoms with van der Waals surface area (Å²) < 4.78 is 5.41. The Balaban J connectivity index is 2.29. The lowest BCUT2D eigenvalue weighted by Gasteiger charge is -2.21. The molecule has 2 rings (SSSR count). The highest BCUT2D eigenvalue weighted by Crippen LogP contribution is 2.18. The number of anilines is 1. The molecule has 6 nitrogen and oxygen atoms in total. The second-order valence-electron chi connectivity index (χ2n) is 5.43. The topological polar surface area (TPSA) is 67.4 Å². The number of hydrogen-bond acceptors (Lipinski definition) is 5. The summed E-state index contributed by atoms with van der Waals surface area (Å²) in [7, 11) is 0. The number of amides is 1. The summed E-state index contributed by atoms with van der Waals surface area (Å²) in [4.78, 5) is 23.4. The smallest absolute Gasteiger partial charge is 0.274 e. The summed E-state index contributed by atoms with van der Waals surface area (Å²) in [5, 5.41) is 3.17. The van der Waals surface area contributed by atoms with E-state index < -0.39 is 0 Å². The van der Waals surface area contributed by atoms with Crippen molar-refractivity contribution >= 4 is 11.6 Å². The van der Waals surface area contributed by atoms with Crippen LogP contribution in [0.4, 0.5) is 5.69 Å². The average Bonchev–Trinajstić information content (AvgIpc) is 2.76. The van der Waals surface area contributed by atoms with Gasteiger partial charge in [-0.15, -0.1) is 0 Å². The maximum atomic E-state index is 12.8. The summed E-state index contributed by atoms with van der Waals surface area (Å²) in [6.07, 6.45) is 2.58. The SMILES string of the molecule is CCNc1cnc(C(C)C)nc1C(=O)N1CCCOCC1. The van der Waals surface area contributed by atoms with Crippen LogP contribution < -0.4 is 5.32 Å². The molecular formula is C15H24N4O2. The quantitative estimate of drug-likeness (QED) is 0.918. The van der Waals surface area contributed by atoms with Gasteiger partial charge >= 0.3 is 0 Å². The minimum absolute atomic E-state index is 0.0410. The fourth-order valence-electron chi connectivity index (χ4n) is 2.26. The normalized spacial score (nSPS) is 15.9. The van der Waals surface area contributed by atoms with Crippen LogP contribution in [0.15, 0.2) is 6.20 Å². The van der Waals surface area contributed by atoms with Gasteiger partial charge in [0.1, 0.15) is 5.82 Å². The van der Waals surface area contributed by atoms with Crippen molar-refractivity contribution in [3.05, 3.63) is 17.7 Å². The van der Waals surface area contributed by atoms with E-state index in [1.807, 2.05) is 25.7 Å². The highest BCUT2D eigenvalue weighted by atomic mass is 16.5. The van der Waals surface area contributed by atoms with E-state index in [1.165, 1.54) is 0 Å². The van der Waals surface area contributed by atoms with Crippen molar-refractivity contribution in [2.24, 2.45) is 0 Å². The second kappa shape index (κ2) is 7.36. The molecule has 1 aliphatic rings. The molecule has 1 aromatic rings. The number of aromatic nitrogens is 2. The molecule has 116 valence electrons. The van der Waals surface area contributed by atoms with E-state index in [0.717, 1.165) is 13.0 Å². The molecule has 1 fully saturated rings. The summed E-state index contributed by atoms with van der Waals surface area (Å²) in [6, 6.07) is 0. The lowest BCUT2D eigenvalue weighted by Crippen LogP contribution is -2.34. The Morgan fingerprint density at radius 1 is 1.43 bits per heavy atom. The molecule has 1 aromatic heterocycles. The van der Waals surface area contributed by atoms with Gasteiger partial charge < -0.3 is 15.0 Å². The van der Waals surface area contributed by atoms with Crippen LogP contribution in [0, 0.1) is 0 Å². The minimum atomic E-state index is -0.0410. The Morgan fingerprint density at radius 3 is 2.95 bits per heavy atom. The first-order valence-electron chi connectivity index (χ1n) is 7.61. The van der Waals surface area contributed by atoms with Gasteiger partial charge in [0.2, 0.25) is 0 Å². The van der Waals surface area contributed by atoms with Crippen molar-refractivity contribution in [2.75, 3.05) is 38.2 Å². The summed E-state index contributed by atoms with van der Waals surface area (Å²) in [5.74, 6) is 0.853. The molecule has 0 radical (unpaired) electrons. The minimum Gasteiger partial charge on any atom is -0.382 e. The molecule has 0 saturated carbocycles. The summed E-state index contributed by atoms with van der Waals surface area (Å²) >= 11 is 0. The lowest BCUT2D eigenvalue weighted by atomic mass is 10.2. The van der Waals surface area contributed by atoms with Crippen LogP contribution in [0.3, 0.4) is 0 Å². The van der Waals surface area contributed by atoms with E-state index in [9.17, 15) is 4.79 Å². The monoisotopic (exact) mass is 292 g/mol. The van der Waals surface area contributed by atoms with Crippen LogP contribution in [0.1, 0.15) is 49.4 Å². The Kier molecular flexibility index (Phi) is 5.50. The number of ether oxygens (including phenoxy) is 1. The van der Waals surface area contributed by atoms with E-state index in [4.69, 9.17) is 4.74 Å². The first kappa shape index (κ1) is 15.7. The maximum Gasteiger partial charge on any atom is 0.274 e. The molecule has 1 saturated heterocycles. The van der Waals surface area contributed by atoms with Gasteiger partial charge in [-0.1, -0.05) is 13.8 Å². The Hall–Kier alpha value is -1.69. The van der Waals surface area contributed by atoms with Gasteiger partial charge in [0.05, 0.1) is 18.5 Å². The number of hydrogen-bond donors (Lipinski definition) is 1. The number of rotatable bonds is 4.